The summed E-state index contributed by atoms with van der Waals surface area (Å²) in [7, 11) is 1.59. The van der Waals surface area contributed by atoms with Gasteiger partial charge in [-0.2, -0.15) is 5.10 Å². The lowest BCUT2D eigenvalue weighted by molar-refractivity contribution is 0.410. The fourth-order valence-electron chi connectivity index (χ4n) is 3.75. The van der Waals surface area contributed by atoms with Crippen LogP contribution in [0.2, 0.25) is 0 Å². The fraction of sp³-hybridized carbons (Fsp3) is 0.0833. The van der Waals surface area contributed by atoms with Crippen molar-refractivity contribution >= 4 is 21.7 Å². The van der Waals surface area contributed by atoms with Crippen LogP contribution in [0, 0.1) is 0 Å². The van der Waals surface area contributed by atoms with Crippen molar-refractivity contribution in [1.82, 2.24) is 20.2 Å². The third kappa shape index (κ3) is 3.36. The van der Waals surface area contributed by atoms with Gasteiger partial charge in [-0.1, -0.05) is 42.5 Å². The first kappa shape index (κ1) is 18.7. The summed E-state index contributed by atoms with van der Waals surface area (Å²) in [6.07, 6.45) is 0.475. The molecule has 0 bridgehead atoms. The molecule has 0 saturated carbocycles. The van der Waals surface area contributed by atoms with E-state index in [2.05, 4.69) is 20.2 Å². The minimum atomic E-state index is -0.215. The van der Waals surface area contributed by atoms with E-state index in [0.29, 0.717) is 34.3 Å². The first-order valence-electron chi connectivity index (χ1n) is 9.76. The van der Waals surface area contributed by atoms with Gasteiger partial charge in [-0.3, -0.25) is 9.59 Å². The van der Waals surface area contributed by atoms with E-state index in [1.165, 1.54) is 0 Å². The first-order valence-corrected chi connectivity index (χ1v) is 9.76. The fourth-order valence-corrected chi connectivity index (χ4v) is 3.75. The molecule has 0 unspecified atom stereocenters. The molecule has 0 amide bonds. The smallest absolute Gasteiger partial charge is 0.272 e. The number of aromatic amines is 2. The molecule has 2 heterocycles. The Kier molecular flexibility index (Phi) is 4.55. The molecule has 0 aliphatic rings. The number of para-hydroxylation sites is 1. The van der Waals surface area contributed by atoms with Gasteiger partial charge in [0.05, 0.1) is 29.1 Å². The van der Waals surface area contributed by atoms with Gasteiger partial charge in [-0.05, 0) is 24.3 Å². The molecule has 3 aromatic carbocycles. The summed E-state index contributed by atoms with van der Waals surface area (Å²) in [5.41, 5.74) is 2.62. The van der Waals surface area contributed by atoms with Crippen LogP contribution >= 0.6 is 0 Å². The van der Waals surface area contributed by atoms with Crippen molar-refractivity contribution in [2.45, 2.75) is 6.42 Å². The highest BCUT2D eigenvalue weighted by molar-refractivity contribution is 5.84. The van der Waals surface area contributed by atoms with E-state index in [4.69, 9.17) is 4.74 Å². The highest BCUT2D eigenvalue weighted by Gasteiger charge is 2.13. The first-order chi connectivity index (χ1) is 15.1. The number of ether oxygens (including phenoxy) is 1. The number of H-pyrrole nitrogens is 2. The van der Waals surface area contributed by atoms with Crippen LogP contribution in [-0.4, -0.2) is 27.3 Å². The number of rotatable bonds is 4. The minimum absolute atomic E-state index is 0.187. The molecule has 152 valence electrons. The van der Waals surface area contributed by atoms with Crippen LogP contribution in [0.25, 0.3) is 33.1 Å². The van der Waals surface area contributed by atoms with E-state index < -0.39 is 0 Å². The van der Waals surface area contributed by atoms with Gasteiger partial charge in [-0.15, -0.1) is 0 Å². The quantitative estimate of drug-likeness (QED) is 0.473. The third-order valence-corrected chi connectivity index (χ3v) is 5.31. The number of benzene rings is 3. The monoisotopic (exact) mass is 410 g/mol. The summed E-state index contributed by atoms with van der Waals surface area (Å²) in [6, 6.07) is 20.2. The Hall–Kier alpha value is -4.26. The predicted octanol–water partition coefficient (Wildman–Crippen LogP) is 3.43. The highest BCUT2D eigenvalue weighted by atomic mass is 16.5. The zero-order valence-electron chi connectivity index (χ0n) is 16.7. The molecule has 0 saturated heterocycles. The van der Waals surface area contributed by atoms with Gasteiger partial charge in [0.15, 0.2) is 0 Å². The molecule has 2 aromatic heterocycles. The van der Waals surface area contributed by atoms with Crippen molar-refractivity contribution in [3.05, 3.63) is 98.7 Å². The van der Waals surface area contributed by atoms with E-state index >= 15 is 0 Å². The maximum Gasteiger partial charge on any atom is 0.272 e. The zero-order chi connectivity index (χ0) is 21.4. The van der Waals surface area contributed by atoms with Crippen LogP contribution < -0.4 is 15.9 Å². The third-order valence-electron chi connectivity index (χ3n) is 5.31. The van der Waals surface area contributed by atoms with Crippen molar-refractivity contribution in [3.8, 4) is 17.1 Å². The predicted molar refractivity (Wildman–Crippen MR) is 120 cm³/mol. The molecule has 0 radical (unpaired) electrons. The lowest BCUT2D eigenvalue weighted by atomic mass is 10.0. The molecule has 31 heavy (non-hydrogen) atoms. The Morgan fingerprint density at radius 2 is 1.61 bits per heavy atom. The minimum Gasteiger partial charge on any atom is -0.496 e. The van der Waals surface area contributed by atoms with Crippen LogP contribution in [0.15, 0.2) is 76.3 Å². The molecule has 0 atom stereocenters. The number of nitrogens with zero attached hydrogens (tertiary/aromatic N) is 2. The van der Waals surface area contributed by atoms with Crippen LogP contribution in [0.1, 0.15) is 11.3 Å². The SMILES string of the molecule is COc1cc(-c2nc3ccccc3c(=O)[nH]2)ccc1Cc1n[nH]c(=O)c2ccccc12. The number of aromatic nitrogens is 4. The van der Waals surface area contributed by atoms with E-state index in [1.807, 2.05) is 54.6 Å². The average Bonchev–Trinajstić information content (AvgIpc) is 2.81. The van der Waals surface area contributed by atoms with E-state index in [0.717, 1.165) is 22.2 Å². The molecule has 5 rings (SSSR count). The maximum atomic E-state index is 12.4. The summed E-state index contributed by atoms with van der Waals surface area (Å²) in [6.45, 7) is 0. The highest BCUT2D eigenvalue weighted by Crippen LogP contribution is 2.28. The van der Waals surface area contributed by atoms with Gasteiger partial charge in [0.1, 0.15) is 11.6 Å². The standard InChI is InChI=1S/C24H18N4O3/c1-31-21-13-15(22-25-19-9-5-4-8-18(19)23(29)26-22)11-10-14(21)12-20-16-6-2-3-7-17(16)24(30)28-27-20/h2-11,13H,12H2,1H3,(H,28,30)(H,25,26,29). The van der Waals surface area contributed by atoms with Gasteiger partial charge in [-0.25, -0.2) is 10.1 Å². The second-order valence-electron chi connectivity index (χ2n) is 7.18. The lowest BCUT2D eigenvalue weighted by Crippen LogP contribution is -2.11. The van der Waals surface area contributed by atoms with Crippen molar-refractivity contribution in [1.29, 1.82) is 0 Å². The Morgan fingerprint density at radius 1 is 0.871 bits per heavy atom. The molecular formula is C24H18N4O3. The molecule has 0 fully saturated rings. The number of fused-ring (bicyclic) bond motifs is 2. The Balaban J connectivity index is 1.57. The molecule has 7 heteroatoms. The van der Waals surface area contributed by atoms with Crippen LogP contribution in [0.5, 0.6) is 5.75 Å². The van der Waals surface area contributed by atoms with Gasteiger partial charge < -0.3 is 9.72 Å². The summed E-state index contributed by atoms with van der Waals surface area (Å²) in [5, 5.41) is 8.76. The van der Waals surface area contributed by atoms with Crippen molar-refractivity contribution < 1.29 is 4.74 Å². The van der Waals surface area contributed by atoms with Gasteiger partial charge in [0.25, 0.3) is 11.1 Å². The average molecular weight is 410 g/mol. The maximum absolute atomic E-state index is 12.4. The van der Waals surface area contributed by atoms with Gasteiger partial charge in [0.2, 0.25) is 0 Å². The summed E-state index contributed by atoms with van der Waals surface area (Å²) < 4.78 is 5.61. The number of methoxy groups -OCH3 is 1. The van der Waals surface area contributed by atoms with Crippen molar-refractivity contribution in [2.75, 3.05) is 7.11 Å². The molecule has 7 nitrogen and oxygen atoms in total. The van der Waals surface area contributed by atoms with Gasteiger partial charge >= 0.3 is 0 Å². The van der Waals surface area contributed by atoms with E-state index in [9.17, 15) is 9.59 Å². The van der Waals surface area contributed by atoms with Crippen molar-refractivity contribution in [3.63, 3.8) is 0 Å². The Morgan fingerprint density at radius 3 is 2.42 bits per heavy atom. The molecule has 0 spiro atoms. The second-order valence-corrected chi connectivity index (χ2v) is 7.18. The Bertz CT molecular complexity index is 1550. The molecule has 0 aliphatic heterocycles. The molecule has 0 aliphatic carbocycles. The molecular weight excluding hydrogens is 392 g/mol. The van der Waals surface area contributed by atoms with E-state index in [-0.39, 0.29) is 11.1 Å². The van der Waals surface area contributed by atoms with Gasteiger partial charge in [0, 0.05) is 22.9 Å². The number of hydrogen-bond donors (Lipinski definition) is 2. The largest absolute Gasteiger partial charge is 0.496 e. The van der Waals surface area contributed by atoms with Crippen molar-refractivity contribution in [2.24, 2.45) is 0 Å². The topological polar surface area (TPSA) is 101 Å². The Labute approximate surface area is 176 Å². The lowest BCUT2D eigenvalue weighted by Gasteiger charge is -2.12. The molecule has 5 aromatic rings. The summed E-state index contributed by atoms with van der Waals surface area (Å²) in [4.78, 5) is 31.9. The number of nitrogens with one attached hydrogen (secondary N) is 2. The van der Waals surface area contributed by atoms with E-state index in [1.54, 1.807) is 19.2 Å². The molecule has 2 N–H and O–H groups in total. The normalized spacial score (nSPS) is 11.1. The van der Waals surface area contributed by atoms with Crippen LogP contribution in [-0.2, 0) is 6.42 Å². The number of hydrogen-bond acceptors (Lipinski definition) is 5. The summed E-state index contributed by atoms with van der Waals surface area (Å²) >= 11 is 0. The summed E-state index contributed by atoms with van der Waals surface area (Å²) in [5.74, 6) is 1.12. The zero-order valence-corrected chi connectivity index (χ0v) is 16.7. The van der Waals surface area contributed by atoms with Crippen LogP contribution in [0.3, 0.4) is 0 Å². The second kappa shape index (κ2) is 7.53. The van der Waals surface area contributed by atoms with Crippen LogP contribution in [0.4, 0.5) is 0 Å².